The van der Waals surface area contributed by atoms with Crippen LogP contribution in [0, 0.1) is 5.92 Å². The maximum Gasteiger partial charge on any atom is 0.246 e. The Morgan fingerprint density at radius 3 is 2.89 bits per heavy atom. The lowest BCUT2D eigenvalue weighted by atomic mass is 10.5. The summed E-state index contributed by atoms with van der Waals surface area (Å²) in [5.41, 5.74) is 5.60. The highest BCUT2D eigenvalue weighted by atomic mass is 32.2. The highest BCUT2D eigenvalue weighted by Gasteiger charge is 2.24. The summed E-state index contributed by atoms with van der Waals surface area (Å²) in [7, 11) is -2.07. The quantitative estimate of drug-likeness (QED) is 0.746. The summed E-state index contributed by atoms with van der Waals surface area (Å²) in [5, 5.41) is 0. The molecule has 0 radical (unpaired) electrons. The van der Waals surface area contributed by atoms with Crippen molar-refractivity contribution in [2.45, 2.75) is 17.7 Å². The van der Waals surface area contributed by atoms with Gasteiger partial charge >= 0.3 is 0 Å². The Labute approximate surface area is 113 Å². The molecule has 19 heavy (non-hydrogen) atoms. The van der Waals surface area contributed by atoms with Crippen LogP contribution in [0.3, 0.4) is 0 Å². The molecule has 0 amide bonds. The van der Waals surface area contributed by atoms with Crippen molar-refractivity contribution in [1.82, 2.24) is 9.29 Å². The van der Waals surface area contributed by atoms with Crippen molar-refractivity contribution in [2.24, 2.45) is 5.92 Å². The van der Waals surface area contributed by atoms with Gasteiger partial charge in [-0.3, -0.25) is 0 Å². The van der Waals surface area contributed by atoms with Gasteiger partial charge in [0.25, 0.3) is 0 Å². The third kappa shape index (κ3) is 3.65. The van der Waals surface area contributed by atoms with E-state index in [-0.39, 0.29) is 10.7 Å². The van der Waals surface area contributed by atoms with Gasteiger partial charge in [0, 0.05) is 26.4 Å². The van der Waals surface area contributed by atoms with Crippen molar-refractivity contribution in [1.29, 1.82) is 0 Å². The van der Waals surface area contributed by atoms with Crippen LogP contribution in [-0.4, -0.2) is 44.5 Å². The van der Waals surface area contributed by atoms with E-state index < -0.39 is 10.0 Å². The first-order valence-corrected chi connectivity index (χ1v) is 7.70. The molecule has 0 bridgehead atoms. The van der Waals surface area contributed by atoms with E-state index in [1.54, 1.807) is 6.07 Å². The first-order valence-electron chi connectivity index (χ1n) is 6.26. The van der Waals surface area contributed by atoms with E-state index in [9.17, 15) is 8.42 Å². The summed E-state index contributed by atoms with van der Waals surface area (Å²) >= 11 is 0. The third-order valence-corrected chi connectivity index (χ3v) is 4.99. The van der Waals surface area contributed by atoms with E-state index >= 15 is 0 Å². The summed E-state index contributed by atoms with van der Waals surface area (Å²) in [6, 6.07) is 3.01. The van der Waals surface area contributed by atoms with Crippen molar-refractivity contribution in [2.75, 3.05) is 32.5 Å². The van der Waals surface area contributed by atoms with Crippen LogP contribution in [-0.2, 0) is 14.8 Å². The Balaban J connectivity index is 1.92. The first kappa shape index (κ1) is 14.2. The topological polar surface area (TPSA) is 85.5 Å². The molecule has 1 fully saturated rings. The van der Waals surface area contributed by atoms with Gasteiger partial charge in [-0.05, 0) is 30.9 Å². The summed E-state index contributed by atoms with van der Waals surface area (Å²) in [5.74, 6) is 0.698. The van der Waals surface area contributed by atoms with Gasteiger partial charge in [0.05, 0.1) is 6.61 Å². The molecule has 1 aromatic rings. The Morgan fingerprint density at radius 1 is 1.53 bits per heavy atom. The molecule has 106 valence electrons. The largest absolute Gasteiger partial charge is 0.383 e. The molecule has 0 spiro atoms. The number of anilines is 1. The molecule has 1 saturated carbocycles. The van der Waals surface area contributed by atoms with Crippen LogP contribution in [0.1, 0.15) is 12.8 Å². The number of nitrogens with two attached hydrogens (primary N) is 1. The Bertz CT molecular complexity index is 529. The Kier molecular flexibility index (Phi) is 4.38. The van der Waals surface area contributed by atoms with Crippen molar-refractivity contribution < 1.29 is 13.2 Å². The minimum Gasteiger partial charge on any atom is -0.383 e. The zero-order valence-corrected chi connectivity index (χ0v) is 11.8. The number of nitrogens with zero attached hydrogens (tertiary/aromatic N) is 2. The predicted molar refractivity (Wildman–Crippen MR) is 72.0 cm³/mol. The van der Waals surface area contributed by atoms with Crippen LogP contribution < -0.4 is 5.73 Å². The smallest absolute Gasteiger partial charge is 0.246 e. The maximum atomic E-state index is 12.2. The highest BCUT2D eigenvalue weighted by molar-refractivity contribution is 7.89. The molecule has 0 atom stereocenters. The Hall–Kier alpha value is -1.18. The third-order valence-electron chi connectivity index (χ3n) is 3.09. The highest BCUT2D eigenvalue weighted by Crippen LogP contribution is 2.28. The number of likely N-dealkylation sites (N-methyl/N-ethyl adjacent to an activating group) is 1. The first-order chi connectivity index (χ1) is 9.01. The van der Waals surface area contributed by atoms with Crippen LogP contribution >= 0.6 is 0 Å². The number of hydrogen-bond acceptors (Lipinski definition) is 5. The number of pyridine rings is 1. The number of ether oxygens (including phenoxy) is 1. The molecular formula is C12H19N3O3S. The summed E-state index contributed by atoms with van der Waals surface area (Å²) in [4.78, 5) is 3.84. The number of hydrogen-bond donors (Lipinski definition) is 1. The van der Waals surface area contributed by atoms with Crippen molar-refractivity contribution >= 4 is 15.8 Å². The van der Waals surface area contributed by atoms with Gasteiger partial charge in [0.15, 0.2) is 0 Å². The van der Waals surface area contributed by atoms with E-state index in [1.807, 2.05) is 0 Å². The van der Waals surface area contributed by atoms with Crippen LogP contribution in [0.4, 0.5) is 5.82 Å². The minimum absolute atomic E-state index is 0.0215. The van der Waals surface area contributed by atoms with E-state index in [1.165, 1.54) is 36.5 Å². The van der Waals surface area contributed by atoms with Gasteiger partial charge < -0.3 is 10.5 Å². The zero-order valence-electron chi connectivity index (χ0n) is 10.9. The summed E-state index contributed by atoms with van der Waals surface area (Å²) in [6.45, 7) is 1.43. The van der Waals surface area contributed by atoms with Crippen LogP contribution in [0.5, 0.6) is 0 Å². The minimum atomic E-state index is -3.59. The average molecular weight is 285 g/mol. The second-order valence-electron chi connectivity index (χ2n) is 4.73. The fourth-order valence-corrected chi connectivity index (χ4v) is 2.85. The van der Waals surface area contributed by atoms with Crippen molar-refractivity contribution in [3.8, 4) is 0 Å². The lowest BCUT2D eigenvalue weighted by molar-refractivity contribution is 0.117. The zero-order chi connectivity index (χ0) is 13.9. The molecule has 1 aromatic heterocycles. The van der Waals surface area contributed by atoms with E-state index in [4.69, 9.17) is 10.5 Å². The lowest BCUT2D eigenvalue weighted by Crippen LogP contribution is -2.31. The number of aromatic nitrogens is 1. The molecule has 0 aliphatic heterocycles. The van der Waals surface area contributed by atoms with Crippen molar-refractivity contribution in [3.63, 3.8) is 0 Å². The standard InChI is InChI=1S/C12H19N3O3S/c1-15(7-8-18-9-10-4-5-10)19(16,17)11-3-2-6-14-12(11)13/h2-3,6,10H,4-5,7-9H2,1H3,(H2,13,14). The molecule has 1 aliphatic rings. The molecule has 2 rings (SSSR count). The number of nitrogen functional groups attached to an aromatic ring is 1. The molecule has 1 heterocycles. The maximum absolute atomic E-state index is 12.2. The van der Waals surface area contributed by atoms with Crippen LogP contribution in [0.25, 0.3) is 0 Å². The average Bonchev–Trinajstić information content (AvgIpc) is 3.18. The second-order valence-corrected chi connectivity index (χ2v) is 6.74. The van der Waals surface area contributed by atoms with Gasteiger partial charge in [0.2, 0.25) is 10.0 Å². The SMILES string of the molecule is CN(CCOCC1CC1)S(=O)(=O)c1cccnc1N. The van der Waals surface area contributed by atoms with Gasteiger partial charge in [0.1, 0.15) is 10.7 Å². The fourth-order valence-electron chi connectivity index (χ4n) is 1.64. The van der Waals surface area contributed by atoms with Crippen molar-refractivity contribution in [3.05, 3.63) is 18.3 Å². The molecule has 6 nitrogen and oxygen atoms in total. The van der Waals surface area contributed by atoms with Crippen LogP contribution in [0.2, 0.25) is 0 Å². The van der Waals surface area contributed by atoms with Gasteiger partial charge in [-0.2, -0.15) is 4.31 Å². The summed E-state index contributed by atoms with van der Waals surface area (Å²) in [6.07, 6.45) is 3.91. The molecule has 0 unspecified atom stereocenters. The lowest BCUT2D eigenvalue weighted by Gasteiger charge is -2.17. The molecule has 0 aromatic carbocycles. The van der Waals surface area contributed by atoms with E-state index in [0.717, 1.165) is 6.61 Å². The molecule has 1 aliphatic carbocycles. The number of sulfonamides is 1. The molecular weight excluding hydrogens is 266 g/mol. The van der Waals surface area contributed by atoms with E-state index in [0.29, 0.717) is 19.1 Å². The molecule has 2 N–H and O–H groups in total. The van der Waals surface area contributed by atoms with Crippen LogP contribution in [0.15, 0.2) is 23.2 Å². The van der Waals surface area contributed by atoms with Gasteiger partial charge in [-0.25, -0.2) is 13.4 Å². The monoisotopic (exact) mass is 285 g/mol. The Morgan fingerprint density at radius 2 is 2.26 bits per heavy atom. The normalized spacial score (nSPS) is 15.9. The fraction of sp³-hybridized carbons (Fsp3) is 0.583. The van der Waals surface area contributed by atoms with Gasteiger partial charge in [-0.15, -0.1) is 0 Å². The van der Waals surface area contributed by atoms with Gasteiger partial charge in [-0.1, -0.05) is 0 Å². The molecule has 0 saturated heterocycles. The summed E-state index contributed by atoms with van der Waals surface area (Å²) < 4.78 is 31.2. The molecule has 7 heteroatoms. The predicted octanol–water partition coefficient (Wildman–Crippen LogP) is 0.711. The number of rotatable bonds is 7. The van der Waals surface area contributed by atoms with E-state index in [2.05, 4.69) is 4.98 Å². The second kappa shape index (κ2) is 5.85.